The number of aromatic nitrogens is 1. The van der Waals surface area contributed by atoms with Gasteiger partial charge in [0.1, 0.15) is 17.4 Å². The molecule has 0 spiro atoms. The molecule has 0 aliphatic rings. The minimum absolute atomic E-state index is 0.0925. The number of H-pyrrole nitrogens is 1. The summed E-state index contributed by atoms with van der Waals surface area (Å²) >= 11 is 0. The first-order chi connectivity index (χ1) is 9.80. The van der Waals surface area contributed by atoms with E-state index in [4.69, 9.17) is 5.26 Å². The van der Waals surface area contributed by atoms with Crippen LogP contribution in [0.2, 0.25) is 0 Å². The summed E-state index contributed by atoms with van der Waals surface area (Å²) in [7, 11) is 0. The first-order valence-corrected chi connectivity index (χ1v) is 5.80. The van der Waals surface area contributed by atoms with Gasteiger partial charge in [-0.25, -0.2) is 0 Å². The van der Waals surface area contributed by atoms with Gasteiger partial charge in [-0.1, -0.05) is 12.1 Å². The number of hydrogen-bond donors (Lipinski definition) is 1. The lowest BCUT2D eigenvalue weighted by Gasteiger charge is -2.10. The number of hydrogen-bond acceptors (Lipinski definition) is 3. The number of aromatic amines is 1. The van der Waals surface area contributed by atoms with E-state index in [0.29, 0.717) is 16.8 Å². The molecule has 0 amide bonds. The number of rotatable bonds is 2. The van der Waals surface area contributed by atoms with Crippen molar-refractivity contribution in [3.63, 3.8) is 0 Å². The van der Waals surface area contributed by atoms with E-state index in [2.05, 4.69) is 9.72 Å². The fourth-order valence-corrected chi connectivity index (χ4v) is 1.86. The van der Waals surface area contributed by atoms with Crippen LogP contribution in [0.5, 0.6) is 5.75 Å². The van der Waals surface area contributed by atoms with Gasteiger partial charge in [0.15, 0.2) is 0 Å². The van der Waals surface area contributed by atoms with E-state index in [1.54, 1.807) is 19.1 Å². The van der Waals surface area contributed by atoms with Crippen LogP contribution in [0, 0.1) is 18.3 Å². The lowest BCUT2D eigenvalue weighted by atomic mass is 10.0. The van der Waals surface area contributed by atoms with Crippen molar-refractivity contribution in [3.05, 3.63) is 51.9 Å². The highest BCUT2D eigenvalue weighted by atomic mass is 19.4. The van der Waals surface area contributed by atoms with E-state index >= 15 is 0 Å². The Morgan fingerprint density at radius 2 is 1.86 bits per heavy atom. The monoisotopic (exact) mass is 294 g/mol. The van der Waals surface area contributed by atoms with Crippen molar-refractivity contribution in [2.45, 2.75) is 13.3 Å². The van der Waals surface area contributed by atoms with Gasteiger partial charge in [0, 0.05) is 11.3 Å². The fraction of sp³-hybridized carbons (Fsp3) is 0.143. The second kappa shape index (κ2) is 5.32. The normalized spacial score (nSPS) is 11.0. The third-order valence-electron chi connectivity index (χ3n) is 2.68. The van der Waals surface area contributed by atoms with Crippen molar-refractivity contribution in [3.8, 4) is 22.9 Å². The summed E-state index contributed by atoms with van der Waals surface area (Å²) in [4.78, 5) is 14.2. The van der Waals surface area contributed by atoms with Crippen LogP contribution >= 0.6 is 0 Å². The van der Waals surface area contributed by atoms with E-state index in [1.165, 1.54) is 12.1 Å². The number of aryl methyl sites for hydroxylation is 1. The van der Waals surface area contributed by atoms with Crippen LogP contribution in [0.3, 0.4) is 0 Å². The third kappa shape index (κ3) is 3.42. The Labute approximate surface area is 117 Å². The van der Waals surface area contributed by atoms with Crippen LogP contribution in [0.1, 0.15) is 11.3 Å². The molecule has 4 nitrogen and oxygen atoms in total. The molecule has 21 heavy (non-hydrogen) atoms. The van der Waals surface area contributed by atoms with Crippen LogP contribution in [0.25, 0.3) is 11.1 Å². The zero-order valence-electron chi connectivity index (χ0n) is 10.8. The predicted octanol–water partition coefficient (Wildman–Crippen LogP) is 3.12. The highest BCUT2D eigenvalue weighted by Gasteiger charge is 2.31. The number of nitriles is 1. The van der Waals surface area contributed by atoms with Gasteiger partial charge in [0.05, 0.1) is 0 Å². The molecule has 1 N–H and O–H groups in total. The molecule has 0 bridgehead atoms. The van der Waals surface area contributed by atoms with Crippen molar-refractivity contribution in [1.82, 2.24) is 4.98 Å². The van der Waals surface area contributed by atoms with Crippen LogP contribution in [-0.4, -0.2) is 11.3 Å². The van der Waals surface area contributed by atoms with Crippen molar-refractivity contribution >= 4 is 0 Å². The van der Waals surface area contributed by atoms with Crippen LogP contribution in [-0.2, 0) is 0 Å². The second-order valence-corrected chi connectivity index (χ2v) is 4.25. The van der Waals surface area contributed by atoms with Crippen molar-refractivity contribution in [2.24, 2.45) is 0 Å². The van der Waals surface area contributed by atoms with Crippen LogP contribution in [0.15, 0.2) is 35.1 Å². The summed E-state index contributed by atoms with van der Waals surface area (Å²) < 4.78 is 40.0. The minimum Gasteiger partial charge on any atom is -0.406 e. The molecule has 0 saturated carbocycles. The largest absolute Gasteiger partial charge is 0.573 e. The maximum atomic E-state index is 12.1. The number of nitrogens with zero attached hydrogens (tertiary/aromatic N) is 1. The molecular formula is C14H9F3N2O2. The van der Waals surface area contributed by atoms with Crippen molar-refractivity contribution in [2.75, 3.05) is 0 Å². The zero-order chi connectivity index (χ0) is 15.6. The summed E-state index contributed by atoms with van der Waals surface area (Å²) in [6, 6.07) is 8.34. The van der Waals surface area contributed by atoms with Crippen LogP contribution < -0.4 is 10.3 Å². The van der Waals surface area contributed by atoms with Gasteiger partial charge in [-0.2, -0.15) is 5.26 Å². The number of pyridine rings is 1. The van der Waals surface area contributed by atoms with Crippen LogP contribution in [0.4, 0.5) is 13.2 Å². The Morgan fingerprint density at radius 3 is 2.38 bits per heavy atom. The number of benzene rings is 1. The topological polar surface area (TPSA) is 65.9 Å². The number of alkyl halides is 3. The smallest absolute Gasteiger partial charge is 0.406 e. The Bertz CT molecular complexity index is 756. The molecule has 2 aromatic rings. The first-order valence-electron chi connectivity index (χ1n) is 5.80. The highest BCUT2D eigenvalue weighted by molar-refractivity contribution is 5.70. The first kappa shape index (κ1) is 14.7. The van der Waals surface area contributed by atoms with E-state index in [-0.39, 0.29) is 11.3 Å². The number of halogens is 3. The molecule has 1 aromatic carbocycles. The summed E-state index contributed by atoms with van der Waals surface area (Å²) in [5.74, 6) is -0.369. The van der Waals surface area contributed by atoms with E-state index in [1.807, 2.05) is 0 Å². The Morgan fingerprint density at radius 1 is 1.24 bits per heavy atom. The Kier molecular flexibility index (Phi) is 3.72. The SMILES string of the molecule is Cc1cc(-c2ccc(OC(F)(F)F)cc2)c(C#N)c(=O)[nH]1. The summed E-state index contributed by atoms with van der Waals surface area (Å²) in [6.45, 7) is 1.65. The molecule has 0 aliphatic heterocycles. The Hall–Kier alpha value is -2.75. The quantitative estimate of drug-likeness (QED) is 0.925. The second-order valence-electron chi connectivity index (χ2n) is 4.25. The van der Waals surface area contributed by atoms with Gasteiger partial charge >= 0.3 is 6.36 Å². The highest BCUT2D eigenvalue weighted by Crippen LogP contribution is 2.27. The maximum Gasteiger partial charge on any atom is 0.573 e. The summed E-state index contributed by atoms with van der Waals surface area (Å²) in [5, 5.41) is 9.02. The zero-order valence-corrected chi connectivity index (χ0v) is 10.8. The molecule has 0 aliphatic carbocycles. The molecule has 0 radical (unpaired) electrons. The summed E-state index contributed by atoms with van der Waals surface area (Å²) in [5.41, 5.74) is 0.727. The molecule has 0 fully saturated rings. The lowest BCUT2D eigenvalue weighted by Crippen LogP contribution is -2.17. The van der Waals surface area contributed by atoms with Gasteiger partial charge in [-0.15, -0.1) is 13.2 Å². The standard InChI is InChI=1S/C14H9F3N2O2/c1-8-6-11(12(7-18)13(20)19-8)9-2-4-10(5-3-9)21-14(15,16)17/h2-6H,1H3,(H,19,20). The molecular weight excluding hydrogens is 285 g/mol. The fourth-order valence-electron chi connectivity index (χ4n) is 1.86. The minimum atomic E-state index is -4.76. The lowest BCUT2D eigenvalue weighted by molar-refractivity contribution is -0.274. The number of nitrogens with one attached hydrogen (secondary N) is 1. The van der Waals surface area contributed by atoms with Crippen molar-refractivity contribution in [1.29, 1.82) is 5.26 Å². The predicted molar refractivity (Wildman–Crippen MR) is 68.6 cm³/mol. The molecule has 0 unspecified atom stereocenters. The van der Waals surface area contributed by atoms with E-state index in [0.717, 1.165) is 12.1 Å². The molecule has 2 rings (SSSR count). The molecule has 1 aromatic heterocycles. The maximum absolute atomic E-state index is 12.1. The van der Waals surface area contributed by atoms with Crippen molar-refractivity contribution < 1.29 is 17.9 Å². The van der Waals surface area contributed by atoms with E-state index in [9.17, 15) is 18.0 Å². The molecule has 108 valence electrons. The average Bonchev–Trinajstić information content (AvgIpc) is 2.37. The molecule has 0 atom stereocenters. The third-order valence-corrected chi connectivity index (χ3v) is 2.68. The Balaban J connectivity index is 2.45. The molecule has 0 saturated heterocycles. The van der Waals surface area contributed by atoms with Gasteiger partial charge in [-0.3, -0.25) is 4.79 Å². The number of ether oxygens (including phenoxy) is 1. The van der Waals surface area contributed by atoms with Gasteiger partial charge in [0.2, 0.25) is 0 Å². The molecule has 7 heteroatoms. The van der Waals surface area contributed by atoms with Gasteiger partial charge < -0.3 is 9.72 Å². The van der Waals surface area contributed by atoms with Gasteiger partial charge in [-0.05, 0) is 30.7 Å². The van der Waals surface area contributed by atoms with E-state index < -0.39 is 11.9 Å². The van der Waals surface area contributed by atoms with Gasteiger partial charge in [0.25, 0.3) is 5.56 Å². The average molecular weight is 294 g/mol. The summed E-state index contributed by atoms with van der Waals surface area (Å²) in [6.07, 6.45) is -4.76. The molecule has 1 heterocycles.